The Morgan fingerprint density at radius 2 is 1.87 bits per heavy atom. The molecule has 0 aromatic rings. The van der Waals surface area contributed by atoms with Crippen molar-refractivity contribution in [1.29, 1.82) is 0 Å². The Morgan fingerprint density at radius 3 is 2.60 bits per heavy atom. The first kappa shape index (κ1) is 13.0. The molecule has 1 saturated carbocycles. The molecule has 1 aliphatic rings. The molecule has 0 amide bonds. The third-order valence-electron chi connectivity index (χ3n) is 3.37. The van der Waals surface area contributed by atoms with E-state index < -0.39 is 0 Å². The lowest BCUT2D eigenvalue weighted by atomic mass is 10.0. The molecule has 2 heteroatoms. The largest absolute Gasteiger partial charge is 0.313 e. The van der Waals surface area contributed by atoms with E-state index in [1.807, 2.05) is 0 Å². The Labute approximate surface area is 95.2 Å². The Balaban J connectivity index is 2.05. The molecule has 0 aromatic heterocycles. The van der Waals surface area contributed by atoms with Crippen molar-refractivity contribution < 1.29 is 0 Å². The lowest BCUT2D eigenvalue weighted by Crippen LogP contribution is -2.36. The molecular weight excluding hydrogens is 184 g/mol. The molecule has 15 heavy (non-hydrogen) atoms. The maximum atomic E-state index is 3.68. The van der Waals surface area contributed by atoms with E-state index in [-0.39, 0.29) is 0 Å². The van der Waals surface area contributed by atoms with E-state index in [1.165, 1.54) is 32.1 Å². The van der Waals surface area contributed by atoms with Crippen molar-refractivity contribution in [3.05, 3.63) is 0 Å². The van der Waals surface area contributed by atoms with Crippen LogP contribution in [-0.2, 0) is 0 Å². The molecule has 1 rings (SSSR count). The molecule has 2 N–H and O–H groups in total. The summed E-state index contributed by atoms with van der Waals surface area (Å²) in [5.74, 6) is 0.950. The molecule has 1 aliphatic carbocycles. The van der Waals surface area contributed by atoms with Crippen LogP contribution in [0.2, 0.25) is 0 Å². The fourth-order valence-electron chi connectivity index (χ4n) is 2.33. The van der Waals surface area contributed by atoms with Gasteiger partial charge in [0.1, 0.15) is 0 Å². The minimum absolute atomic E-state index is 0.612. The van der Waals surface area contributed by atoms with E-state index in [9.17, 15) is 0 Å². The van der Waals surface area contributed by atoms with Crippen molar-refractivity contribution >= 4 is 0 Å². The predicted molar refractivity (Wildman–Crippen MR) is 67.2 cm³/mol. The highest BCUT2D eigenvalue weighted by Crippen LogP contribution is 2.22. The minimum Gasteiger partial charge on any atom is -0.313 e. The van der Waals surface area contributed by atoms with Crippen LogP contribution >= 0.6 is 0 Å². The maximum Gasteiger partial charge on any atom is 0.00794 e. The van der Waals surface area contributed by atoms with Crippen LogP contribution in [-0.4, -0.2) is 25.2 Å². The number of rotatable bonds is 5. The first-order valence-corrected chi connectivity index (χ1v) is 6.65. The van der Waals surface area contributed by atoms with Crippen molar-refractivity contribution in [2.45, 2.75) is 65.0 Å². The first-order valence-electron chi connectivity index (χ1n) is 6.65. The van der Waals surface area contributed by atoms with Gasteiger partial charge in [-0.15, -0.1) is 0 Å². The molecule has 0 heterocycles. The van der Waals surface area contributed by atoms with Crippen molar-refractivity contribution in [3.63, 3.8) is 0 Å². The van der Waals surface area contributed by atoms with Gasteiger partial charge in [0.2, 0.25) is 0 Å². The summed E-state index contributed by atoms with van der Waals surface area (Å²) in [5.41, 5.74) is 0. The second-order valence-electron chi connectivity index (χ2n) is 5.37. The monoisotopic (exact) mass is 212 g/mol. The Kier molecular flexibility index (Phi) is 6.26. The van der Waals surface area contributed by atoms with Gasteiger partial charge in [-0.2, -0.15) is 0 Å². The molecule has 2 nitrogen and oxygen atoms in total. The molecule has 90 valence electrons. The molecule has 0 spiro atoms. The zero-order chi connectivity index (χ0) is 11.1. The fourth-order valence-corrected chi connectivity index (χ4v) is 2.33. The highest BCUT2D eigenvalue weighted by Gasteiger charge is 2.14. The second kappa shape index (κ2) is 7.24. The van der Waals surface area contributed by atoms with Crippen LogP contribution in [0, 0.1) is 5.92 Å². The first-order chi connectivity index (χ1) is 7.18. The predicted octanol–water partition coefficient (Wildman–Crippen LogP) is 2.54. The van der Waals surface area contributed by atoms with Gasteiger partial charge in [0, 0.05) is 25.2 Å². The van der Waals surface area contributed by atoms with Gasteiger partial charge in [0.15, 0.2) is 0 Å². The zero-order valence-electron chi connectivity index (χ0n) is 10.7. The van der Waals surface area contributed by atoms with Gasteiger partial charge in [-0.25, -0.2) is 0 Å². The molecule has 0 aliphatic heterocycles. The quantitative estimate of drug-likeness (QED) is 0.540. The fraction of sp³-hybridized carbons (Fsp3) is 1.00. The average molecular weight is 212 g/mol. The van der Waals surface area contributed by atoms with Gasteiger partial charge < -0.3 is 10.6 Å². The molecule has 0 radical (unpaired) electrons. The van der Waals surface area contributed by atoms with Crippen LogP contribution in [0.5, 0.6) is 0 Å². The summed E-state index contributed by atoms with van der Waals surface area (Å²) in [7, 11) is 0. The molecule has 2 atom stereocenters. The van der Waals surface area contributed by atoms with Gasteiger partial charge in [0.05, 0.1) is 0 Å². The topological polar surface area (TPSA) is 24.1 Å². The van der Waals surface area contributed by atoms with Gasteiger partial charge >= 0.3 is 0 Å². The van der Waals surface area contributed by atoms with Crippen molar-refractivity contribution in [1.82, 2.24) is 10.6 Å². The summed E-state index contributed by atoms with van der Waals surface area (Å²) in [6, 6.07) is 1.39. The van der Waals surface area contributed by atoms with E-state index in [4.69, 9.17) is 0 Å². The molecular formula is C13H28N2. The van der Waals surface area contributed by atoms with Crippen LogP contribution in [0.4, 0.5) is 0 Å². The summed E-state index contributed by atoms with van der Waals surface area (Å²) < 4.78 is 0. The van der Waals surface area contributed by atoms with E-state index in [2.05, 4.69) is 31.4 Å². The summed E-state index contributed by atoms with van der Waals surface area (Å²) in [5, 5.41) is 7.12. The van der Waals surface area contributed by atoms with Crippen LogP contribution in [0.1, 0.15) is 52.9 Å². The Bertz CT molecular complexity index is 157. The number of nitrogens with one attached hydrogen (secondary N) is 2. The van der Waals surface area contributed by atoms with Crippen molar-refractivity contribution in [2.24, 2.45) is 5.92 Å². The summed E-state index contributed by atoms with van der Waals surface area (Å²) in [6.45, 7) is 9.02. The highest BCUT2D eigenvalue weighted by molar-refractivity contribution is 4.73. The van der Waals surface area contributed by atoms with Gasteiger partial charge in [-0.3, -0.25) is 0 Å². The number of hydrogen-bond donors (Lipinski definition) is 2. The summed E-state index contributed by atoms with van der Waals surface area (Å²) >= 11 is 0. The van der Waals surface area contributed by atoms with Crippen LogP contribution in [0.3, 0.4) is 0 Å². The Morgan fingerprint density at radius 1 is 1.07 bits per heavy atom. The highest BCUT2D eigenvalue weighted by atomic mass is 15.0. The molecule has 0 aromatic carbocycles. The standard InChI is InChI=1S/C13H28N2/c1-11(2)14-9-10-15-13-6-4-5-12(3)7-8-13/h11-15H,4-10H2,1-3H3. The Hall–Kier alpha value is -0.0800. The van der Waals surface area contributed by atoms with Gasteiger partial charge in [-0.05, 0) is 25.2 Å². The van der Waals surface area contributed by atoms with E-state index in [0.29, 0.717) is 6.04 Å². The third kappa shape index (κ3) is 6.16. The molecule has 0 saturated heterocycles. The molecule has 1 fully saturated rings. The average Bonchev–Trinajstić information content (AvgIpc) is 2.38. The van der Waals surface area contributed by atoms with Crippen molar-refractivity contribution in [2.75, 3.05) is 13.1 Å². The smallest absolute Gasteiger partial charge is 0.00794 e. The normalized spacial score (nSPS) is 28.0. The second-order valence-corrected chi connectivity index (χ2v) is 5.37. The number of hydrogen-bond acceptors (Lipinski definition) is 2. The lowest BCUT2D eigenvalue weighted by molar-refractivity contribution is 0.438. The van der Waals surface area contributed by atoms with E-state index in [0.717, 1.165) is 25.0 Å². The van der Waals surface area contributed by atoms with Gasteiger partial charge in [0.25, 0.3) is 0 Å². The molecule has 2 unspecified atom stereocenters. The molecule has 0 bridgehead atoms. The van der Waals surface area contributed by atoms with Crippen LogP contribution < -0.4 is 10.6 Å². The van der Waals surface area contributed by atoms with E-state index in [1.54, 1.807) is 0 Å². The zero-order valence-corrected chi connectivity index (χ0v) is 10.7. The summed E-state index contributed by atoms with van der Waals surface area (Å²) in [6.07, 6.45) is 7.02. The minimum atomic E-state index is 0.612. The van der Waals surface area contributed by atoms with Gasteiger partial charge in [-0.1, -0.05) is 33.6 Å². The SMILES string of the molecule is CC1CCCC(NCCNC(C)C)CC1. The maximum absolute atomic E-state index is 3.68. The van der Waals surface area contributed by atoms with Crippen LogP contribution in [0.25, 0.3) is 0 Å². The summed E-state index contributed by atoms with van der Waals surface area (Å²) in [4.78, 5) is 0. The third-order valence-corrected chi connectivity index (χ3v) is 3.37. The van der Waals surface area contributed by atoms with Crippen molar-refractivity contribution in [3.8, 4) is 0 Å². The van der Waals surface area contributed by atoms with Crippen LogP contribution in [0.15, 0.2) is 0 Å². The lowest BCUT2D eigenvalue weighted by Gasteiger charge is -2.17. The van der Waals surface area contributed by atoms with E-state index >= 15 is 0 Å².